The zero-order valence-corrected chi connectivity index (χ0v) is 10.1. The monoisotopic (exact) mass is 238 g/mol. The quantitative estimate of drug-likeness (QED) is 0.720. The van der Waals surface area contributed by atoms with Crippen LogP contribution in [0.15, 0.2) is 36.5 Å². The predicted molar refractivity (Wildman–Crippen MR) is 72.0 cm³/mol. The van der Waals surface area contributed by atoms with Crippen molar-refractivity contribution in [3.63, 3.8) is 0 Å². The van der Waals surface area contributed by atoms with Gasteiger partial charge in [-0.25, -0.2) is 0 Å². The number of fused-ring (bicyclic) bond motifs is 1. The molecular weight excluding hydrogens is 224 g/mol. The van der Waals surface area contributed by atoms with Gasteiger partial charge in [-0.3, -0.25) is 0 Å². The molecule has 0 spiro atoms. The Morgan fingerprint density at radius 3 is 2.94 bits per heavy atom. The van der Waals surface area contributed by atoms with E-state index in [2.05, 4.69) is 27.3 Å². The second kappa shape index (κ2) is 4.23. The van der Waals surface area contributed by atoms with Gasteiger partial charge in [-0.1, -0.05) is 18.2 Å². The lowest BCUT2D eigenvalue weighted by atomic mass is 10.1. The third-order valence-electron chi connectivity index (χ3n) is 3.10. The number of H-pyrrole nitrogens is 1. The van der Waals surface area contributed by atoms with Gasteiger partial charge in [0.2, 0.25) is 0 Å². The predicted octanol–water partition coefficient (Wildman–Crippen LogP) is 2.39. The summed E-state index contributed by atoms with van der Waals surface area (Å²) in [6.45, 7) is 2.52. The van der Waals surface area contributed by atoms with Gasteiger partial charge in [0.1, 0.15) is 0 Å². The highest BCUT2D eigenvalue weighted by Gasteiger charge is 2.11. The van der Waals surface area contributed by atoms with Crippen molar-refractivity contribution in [2.24, 2.45) is 5.73 Å². The summed E-state index contributed by atoms with van der Waals surface area (Å²) < 4.78 is 0. The maximum atomic E-state index is 5.65. The standard InChI is InChI=1S/C14H14N4/c1-9-14(11-4-2-3-5-12(11)17-9)13-6-10(7-15)8-16-18-13/h2-6,8,17H,7,15H2,1H3. The molecule has 4 heteroatoms. The molecule has 0 fully saturated rings. The zero-order chi connectivity index (χ0) is 12.5. The fourth-order valence-electron chi connectivity index (χ4n) is 2.25. The molecule has 2 aromatic heterocycles. The molecule has 0 unspecified atom stereocenters. The van der Waals surface area contributed by atoms with Crippen LogP contribution in [0.3, 0.4) is 0 Å². The maximum absolute atomic E-state index is 5.65. The second-order valence-corrected chi connectivity index (χ2v) is 4.32. The summed E-state index contributed by atoms with van der Waals surface area (Å²) in [4.78, 5) is 3.36. The summed E-state index contributed by atoms with van der Waals surface area (Å²) in [6.07, 6.45) is 1.70. The van der Waals surface area contributed by atoms with E-state index in [9.17, 15) is 0 Å². The molecule has 0 amide bonds. The van der Waals surface area contributed by atoms with Crippen LogP contribution in [-0.2, 0) is 6.54 Å². The summed E-state index contributed by atoms with van der Waals surface area (Å²) in [5.41, 5.74) is 10.8. The molecule has 0 saturated carbocycles. The molecule has 18 heavy (non-hydrogen) atoms. The summed E-state index contributed by atoms with van der Waals surface area (Å²) >= 11 is 0. The molecule has 0 saturated heterocycles. The van der Waals surface area contributed by atoms with E-state index in [0.717, 1.165) is 28.0 Å². The third-order valence-corrected chi connectivity index (χ3v) is 3.10. The molecule has 2 heterocycles. The van der Waals surface area contributed by atoms with E-state index in [0.29, 0.717) is 6.54 Å². The van der Waals surface area contributed by atoms with Crippen LogP contribution < -0.4 is 5.73 Å². The van der Waals surface area contributed by atoms with Crippen LogP contribution in [0, 0.1) is 6.92 Å². The van der Waals surface area contributed by atoms with E-state index in [-0.39, 0.29) is 0 Å². The Labute approximate surface area is 105 Å². The van der Waals surface area contributed by atoms with Crippen LogP contribution in [0.5, 0.6) is 0 Å². The van der Waals surface area contributed by atoms with Crippen LogP contribution in [0.25, 0.3) is 22.2 Å². The van der Waals surface area contributed by atoms with Crippen LogP contribution in [0.1, 0.15) is 11.3 Å². The Hall–Kier alpha value is -2.20. The van der Waals surface area contributed by atoms with Crippen LogP contribution in [-0.4, -0.2) is 15.2 Å². The zero-order valence-electron chi connectivity index (χ0n) is 10.1. The number of nitrogens with one attached hydrogen (secondary N) is 1. The van der Waals surface area contributed by atoms with Gasteiger partial charge in [0.05, 0.1) is 11.9 Å². The van der Waals surface area contributed by atoms with Crippen molar-refractivity contribution in [1.29, 1.82) is 0 Å². The number of hydrogen-bond acceptors (Lipinski definition) is 3. The first-order valence-electron chi connectivity index (χ1n) is 5.89. The van der Waals surface area contributed by atoms with Gasteiger partial charge < -0.3 is 10.7 Å². The lowest BCUT2D eigenvalue weighted by molar-refractivity contribution is 0.971. The van der Waals surface area contributed by atoms with E-state index in [4.69, 9.17) is 5.73 Å². The van der Waals surface area contributed by atoms with Gasteiger partial charge >= 0.3 is 0 Å². The molecule has 0 aliphatic rings. The highest BCUT2D eigenvalue weighted by Crippen LogP contribution is 2.30. The van der Waals surface area contributed by atoms with Crippen LogP contribution in [0.2, 0.25) is 0 Å². The minimum Gasteiger partial charge on any atom is -0.358 e. The van der Waals surface area contributed by atoms with Gasteiger partial charge in [0, 0.05) is 28.7 Å². The van der Waals surface area contributed by atoms with E-state index >= 15 is 0 Å². The Morgan fingerprint density at radius 1 is 1.28 bits per heavy atom. The summed E-state index contributed by atoms with van der Waals surface area (Å²) in [7, 11) is 0. The highest BCUT2D eigenvalue weighted by molar-refractivity contribution is 5.96. The Balaban J connectivity index is 2.27. The molecule has 3 N–H and O–H groups in total. The third kappa shape index (κ3) is 1.67. The Kier molecular flexibility index (Phi) is 2.57. The molecule has 0 radical (unpaired) electrons. The highest BCUT2D eigenvalue weighted by atomic mass is 15.1. The van der Waals surface area contributed by atoms with Crippen molar-refractivity contribution in [1.82, 2.24) is 15.2 Å². The Bertz CT molecular complexity index is 700. The average molecular weight is 238 g/mol. The van der Waals surface area contributed by atoms with Gasteiger partial charge in [0.25, 0.3) is 0 Å². The number of para-hydroxylation sites is 1. The average Bonchev–Trinajstić information content (AvgIpc) is 2.74. The Morgan fingerprint density at radius 2 is 2.11 bits per heavy atom. The fraction of sp³-hybridized carbons (Fsp3) is 0.143. The molecule has 3 rings (SSSR count). The lowest BCUT2D eigenvalue weighted by Gasteiger charge is -2.02. The number of hydrogen-bond donors (Lipinski definition) is 2. The van der Waals surface area contributed by atoms with Crippen LogP contribution >= 0.6 is 0 Å². The molecule has 1 aromatic carbocycles. The molecular formula is C14H14N4. The van der Waals surface area contributed by atoms with Gasteiger partial charge in [-0.2, -0.15) is 10.2 Å². The van der Waals surface area contributed by atoms with Crippen molar-refractivity contribution >= 4 is 10.9 Å². The van der Waals surface area contributed by atoms with Gasteiger partial charge in [0.15, 0.2) is 0 Å². The van der Waals surface area contributed by atoms with Gasteiger partial charge in [-0.15, -0.1) is 0 Å². The van der Waals surface area contributed by atoms with E-state index in [1.807, 2.05) is 25.1 Å². The lowest BCUT2D eigenvalue weighted by Crippen LogP contribution is -1.99. The number of nitrogens with two attached hydrogens (primary N) is 1. The molecule has 0 bridgehead atoms. The molecule has 0 aliphatic heterocycles. The first-order chi connectivity index (χ1) is 8.79. The van der Waals surface area contributed by atoms with Gasteiger partial charge in [-0.05, 0) is 24.6 Å². The number of aryl methyl sites for hydroxylation is 1. The van der Waals surface area contributed by atoms with E-state index in [1.54, 1.807) is 6.20 Å². The number of aromatic nitrogens is 3. The first kappa shape index (κ1) is 10.9. The molecule has 4 nitrogen and oxygen atoms in total. The second-order valence-electron chi connectivity index (χ2n) is 4.32. The molecule has 3 aromatic rings. The largest absolute Gasteiger partial charge is 0.358 e. The summed E-state index contributed by atoms with van der Waals surface area (Å²) in [6, 6.07) is 10.2. The molecule has 90 valence electrons. The smallest absolute Gasteiger partial charge is 0.0957 e. The van der Waals surface area contributed by atoms with Crippen molar-refractivity contribution in [3.8, 4) is 11.3 Å². The first-order valence-corrected chi connectivity index (χ1v) is 5.89. The molecule has 0 atom stereocenters. The number of rotatable bonds is 2. The maximum Gasteiger partial charge on any atom is 0.0957 e. The van der Waals surface area contributed by atoms with E-state index in [1.165, 1.54) is 5.39 Å². The summed E-state index contributed by atoms with van der Waals surface area (Å²) in [5.74, 6) is 0. The minimum atomic E-state index is 0.476. The summed E-state index contributed by atoms with van der Waals surface area (Å²) in [5, 5.41) is 9.40. The number of aromatic amines is 1. The van der Waals surface area contributed by atoms with Crippen molar-refractivity contribution < 1.29 is 0 Å². The van der Waals surface area contributed by atoms with Crippen molar-refractivity contribution in [2.45, 2.75) is 13.5 Å². The number of nitrogens with zero attached hydrogens (tertiary/aromatic N) is 2. The minimum absolute atomic E-state index is 0.476. The normalized spacial score (nSPS) is 11.0. The topological polar surface area (TPSA) is 67.6 Å². The van der Waals surface area contributed by atoms with E-state index < -0.39 is 0 Å². The van der Waals surface area contributed by atoms with Crippen molar-refractivity contribution in [3.05, 3.63) is 47.8 Å². The fourth-order valence-corrected chi connectivity index (χ4v) is 2.25. The SMILES string of the molecule is Cc1[nH]c2ccccc2c1-c1cc(CN)cnn1. The number of benzene rings is 1. The van der Waals surface area contributed by atoms with Crippen LogP contribution in [0.4, 0.5) is 0 Å². The molecule has 0 aliphatic carbocycles. The van der Waals surface area contributed by atoms with Crippen molar-refractivity contribution in [2.75, 3.05) is 0 Å².